The van der Waals surface area contributed by atoms with E-state index < -0.39 is 0 Å². The lowest BCUT2D eigenvalue weighted by molar-refractivity contribution is 0.0954. The second-order valence-electron chi connectivity index (χ2n) is 4.03. The summed E-state index contributed by atoms with van der Waals surface area (Å²) in [4.78, 5) is 16.3. The molecular weight excluding hydrogens is 272 g/mol. The normalized spacial score (nSPS) is 9.80. The Hall–Kier alpha value is -2.32. The molecule has 2 aromatic rings. The van der Waals surface area contributed by atoms with E-state index in [1.165, 1.54) is 0 Å². The molecule has 0 bridgehead atoms. The van der Waals surface area contributed by atoms with Crippen LogP contribution in [0.1, 0.15) is 21.1 Å². The van der Waals surface area contributed by atoms with Crippen molar-refractivity contribution < 1.29 is 9.53 Å². The van der Waals surface area contributed by atoms with Crippen LogP contribution in [0.3, 0.4) is 0 Å². The molecule has 1 N–H and O–H groups in total. The Balaban J connectivity index is 2.08. The molecule has 1 aromatic carbocycles. The molecule has 1 heterocycles. The van der Waals surface area contributed by atoms with Crippen molar-refractivity contribution in [3.8, 4) is 18.1 Å². The van der Waals surface area contributed by atoms with E-state index in [2.05, 4.69) is 16.2 Å². The van der Waals surface area contributed by atoms with Gasteiger partial charge in [-0.1, -0.05) is 18.1 Å². The second-order valence-corrected chi connectivity index (χ2v) is 5.09. The number of benzene rings is 1. The molecule has 0 saturated heterocycles. The van der Waals surface area contributed by atoms with Gasteiger partial charge < -0.3 is 10.1 Å². The number of nitrogens with zero attached hydrogens (tertiary/aromatic N) is 1. The molecule has 5 heteroatoms. The SMILES string of the molecule is C#CCNC(=O)c1ccccc1OCc1csc(C)n1. The average Bonchev–Trinajstić information content (AvgIpc) is 2.88. The third-order valence-electron chi connectivity index (χ3n) is 2.52. The van der Waals surface area contributed by atoms with Crippen LogP contribution in [0.15, 0.2) is 29.6 Å². The molecule has 20 heavy (non-hydrogen) atoms. The monoisotopic (exact) mass is 286 g/mol. The van der Waals surface area contributed by atoms with E-state index in [0.29, 0.717) is 17.9 Å². The molecule has 0 aliphatic heterocycles. The Morgan fingerprint density at radius 1 is 1.50 bits per heavy atom. The van der Waals surface area contributed by atoms with Gasteiger partial charge in [-0.2, -0.15) is 0 Å². The Morgan fingerprint density at radius 2 is 2.30 bits per heavy atom. The van der Waals surface area contributed by atoms with Crippen molar-refractivity contribution >= 4 is 17.2 Å². The lowest BCUT2D eigenvalue weighted by Gasteiger charge is -2.09. The molecule has 0 aliphatic carbocycles. The first-order valence-corrected chi connectivity index (χ1v) is 6.93. The maximum atomic E-state index is 11.9. The lowest BCUT2D eigenvalue weighted by atomic mass is 10.2. The third kappa shape index (κ3) is 3.59. The quantitative estimate of drug-likeness (QED) is 0.859. The first-order chi connectivity index (χ1) is 9.70. The molecular formula is C15H14N2O2S. The number of nitrogens with one attached hydrogen (secondary N) is 1. The lowest BCUT2D eigenvalue weighted by Crippen LogP contribution is -2.24. The fourth-order valence-corrected chi connectivity index (χ4v) is 2.23. The fraction of sp³-hybridized carbons (Fsp3) is 0.200. The number of hydrogen-bond donors (Lipinski definition) is 1. The number of carbonyl (C=O) groups excluding carboxylic acids is 1. The van der Waals surface area contributed by atoms with Crippen LogP contribution in [0.25, 0.3) is 0 Å². The van der Waals surface area contributed by atoms with E-state index in [-0.39, 0.29) is 12.5 Å². The largest absolute Gasteiger partial charge is 0.486 e. The van der Waals surface area contributed by atoms with Gasteiger partial charge in [-0.15, -0.1) is 17.8 Å². The van der Waals surface area contributed by atoms with Gasteiger partial charge >= 0.3 is 0 Å². The van der Waals surface area contributed by atoms with Crippen LogP contribution in [-0.2, 0) is 6.61 Å². The van der Waals surface area contributed by atoms with Gasteiger partial charge in [-0.25, -0.2) is 4.98 Å². The van der Waals surface area contributed by atoms with Crippen molar-refractivity contribution in [1.29, 1.82) is 0 Å². The molecule has 0 spiro atoms. The summed E-state index contributed by atoms with van der Waals surface area (Å²) in [5.41, 5.74) is 1.32. The summed E-state index contributed by atoms with van der Waals surface area (Å²) in [7, 11) is 0. The van der Waals surface area contributed by atoms with E-state index in [1.54, 1.807) is 29.5 Å². The van der Waals surface area contributed by atoms with Gasteiger partial charge in [0.05, 0.1) is 22.8 Å². The third-order valence-corrected chi connectivity index (χ3v) is 3.35. The van der Waals surface area contributed by atoms with E-state index in [9.17, 15) is 4.79 Å². The minimum atomic E-state index is -0.243. The number of carbonyl (C=O) groups is 1. The summed E-state index contributed by atoms with van der Waals surface area (Å²) in [6.07, 6.45) is 5.13. The maximum Gasteiger partial charge on any atom is 0.255 e. The van der Waals surface area contributed by atoms with Crippen LogP contribution in [0, 0.1) is 19.3 Å². The number of hydrogen-bond acceptors (Lipinski definition) is 4. The maximum absolute atomic E-state index is 11.9. The van der Waals surface area contributed by atoms with Crippen molar-refractivity contribution in [2.75, 3.05) is 6.54 Å². The Labute approximate surface area is 121 Å². The topological polar surface area (TPSA) is 51.2 Å². The number of aromatic nitrogens is 1. The average molecular weight is 286 g/mol. The Kier molecular flexibility index (Phi) is 4.75. The second kappa shape index (κ2) is 6.73. The van der Waals surface area contributed by atoms with E-state index in [1.807, 2.05) is 18.4 Å². The molecule has 0 radical (unpaired) electrons. The molecule has 2 rings (SSSR count). The van der Waals surface area contributed by atoms with Crippen LogP contribution in [-0.4, -0.2) is 17.4 Å². The van der Waals surface area contributed by atoms with Gasteiger partial charge in [0.2, 0.25) is 0 Å². The van der Waals surface area contributed by atoms with Crippen molar-refractivity contribution in [3.63, 3.8) is 0 Å². The summed E-state index contributed by atoms with van der Waals surface area (Å²) in [5.74, 6) is 2.65. The Bertz CT molecular complexity index is 643. The molecule has 102 valence electrons. The number of aryl methyl sites for hydroxylation is 1. The standard InChI is InChI=1S/C15H14N2O2S/c1-3-8-16-15(18)13-6-4-5-7-14(13)19-9-12-10-20-11(2)17-12/h1,4-7,10H,8-9H2,2H3,(H,16,18). The van der Waals surface area contributed by atoms with Crippen molar-refractivity contribution in [1.82, 2.24) is 10.3 Å². The van der Waals surface area contributed by atoms with Crippen molar-refractivity contribution in [2.24, 2.45) is 0 Å². The van der Waals surface area contributed by atoms with Crippen LogP contribution in [0.5, 0.6) is 5.75 Å². The summed E-state index contributed by atoms with van der Waals surface area (Å²) in [6.45, 7) is 2.47. The van der Waals surface area contributed by atoms with E-state index >= 15 is 0 Å². The van der Waals surface area contributed by atoms with Crippen LogP contribution in [0.2, 0.25) is 0 Å². The predicted molar refractivity (Wildman–Crippen MR) is 78.8 cm³/mol. The molecule has 0 aliphatic rings. The van der Waals surface area contributed by atoms with Crippen LogP contribution < -0.4 is 10.1 Å². The number of terminal acetylenes is 1. The fourth-order valence-electron chi connectivity index (χ4n) is 1.63. The van der Waals surface area contributed by atoms with Gasteiger partial charge in [0.15, 0.2) is 0 Å². The minimum absolute atomic E-state index is 0.193. The smallest absolute Gasteiger partial charge is 0.255 e. The summed E-state index contributed by atoms with van der Waals surface area (Å²) < 4.78 is 5.67. The summed E-state index contributed by atoms with van der Waals surface area (Å²) in [6, 6.07) is 7.06. The van der Waals surface area contributed by atoms with Crippen molar-refractivity contribution in [2.45, 2.75) is 13.5 Å². The number of para-hydroxylation sites is 1. The molecule has 0 unspecified atom stereocenters. The molecule has 1 amide bonds. The first kappa shape index (κ1) is 14.1. The molecule has 0 fully saturated rings. The highest BCUT2D eigenvalue weighted by Gasteiger charge is 2.11. The zero-order chi connectivity index (χ0) is 14.4. The van der Waals surface area contributed by atoms with E-state index in [0.717, 1.165) is 10.7 Å². The zero-order valence-corrected chi connectivity index (χ0v) is 11.9. The highest BCUT2D eigenvalue weighted by atomic mass is 32.1. The minimum Gasteiger partial charge on any atom is -0.486 e. The van der Waals surface area contributed by atoms with Crippen LogP contribution >= 0.6 is 11.3 Å². The van der Waals surface area contributed by atoms with Gasteiger partial charge in [-0.05, 0) is 19.1 Å². The van der Waals surface area contributed by atoms with Crippen LogP contribution in [0.4, 0.5) is 0 Å². The zero-order valence-electron chi connectivity index (χ0n) is 11.1. The predicted octanol–water partition coefficient (Wildman–Crippen LogP) is 2.39. The number of thiazole rings is 1. The van der Waals surface area contributed by atoms with E-state index in [4.69, 9.17) is 11.2 Å². The van der Waals surface area contributed by atoms with Gasteiger partial charge in [-0.3, -0.25) is 4.79 Å². The summed E-state index contributed by atoms with van der Waals surface area (Å²) >= 11 is 1.57. The number of amides is 1. The van der Waals surface area contributed by atoms with Gasteiger partial charge in [0.1, 0.15) is 12.4 Å². The van der Waals surface area contributed by atoms with Crippen molar-refractivity contribution in [3.05, 3.63) is 45.9 Å². The Morgan fingerprint density at radius 3 is 3.00 bits per heavy atom. The highest BCUT2D eigenvalue weighted by molar-refractivity contribution is 7.09. The number of rotatable bonds is 5. The highest BCUT2D eigenvalue weighted by Crippen LogP contribution is 2.19. The van der Waals surface area contributed by atoms with Gasteiger partial charge in [0.25, 0.3) is 5.91 Å². The summed E-state index contributed by atoms with van der Waals surface area (Å²) in [5, 5.41) is 5.55. The number of ether oxygens (including phenoxy) is 1. The van der Waals surface area contributed by atoms with Gasteiger partial charge in [0, 0.05) is 5.38 Å². The molecule has 0 atom stereocenters. The molecule has 4 nitrogen and oxygen atoms in total. The first-order valence-electron chi connectivity index (χ1n) is 6.05. The molecule has 0 saturated carbocycles. The molecule has 1 aromatic heterocycles.